The van der Waals surface area contributed by atoms with Gasteiger partial charge in [0.1, 0.15) is 5.76 Å². The van der Waals surface area contributed by atoms with Crippen molar-refractivity contribution in [3.05, 3.63) is 23.7 Å². The van der Waals surface area contributed by atoms with Gasteiger partial charge >= 0.3 is 12.0 Å². The summed E-state index contributed by atoms with van der Waals surface area (Å²) in [7, 11) is 2.06. The standard InChI is InChI=1S/C13H19N3O4/c1-16-6-4-9(5-7-16)15-13(19)14-8-10-2-3-11(20-10)12(17)18/h2-3,9H,4-8H2,1H3,(H,17,18)(H2,14,15,19). The topological polar surface area (TPSA) is 94.8 Å². The van der Waals surface area contributed by atoms with Crippen LogP contribution in [0.3, 0.4) is 0 Å². The number of amides is 2. The molecule has 2 amide bonds. The first kappa shape index (κ1) is 14.4. The highest BCUT2D eigenvalue weighted by atomic mass is 16.4. The number of aromatic carboxylic acids is 1. The van der Waals surface area contributed by atoms with E-state index >= 15 is 0 Å². The first-order valence-corrected chi connectivity index (χ1v) is 6.59. The molecule has 3 N–H and O–H groups in total. The Kier molecular flexibility index (Phi) is 4.62. The quantitative estimate of drug-likeness (QED) is 0.761. The molecule has 1 aliphatic heterocycles. The number of carbonyl (C=O) groups excluding carboxylic acids is 1. The zero-order valence-electron chi connectivity index (χ0n) is 11.4. The molecule has 2 heterocycles. The Bertz CT molecular complexity index is 478. The van der Waals surface area contributed by atoms with Gasteiger partial charge in [0.05, 0.1) is 6.54 Å². The molecule has 0 aliphatic carbocycles. The van der Waals surface area contributed by atoms with E-state index in [0.29, 0.717) is 5.76 Å². The number of hydrogen-bond acceptors (Lipinski definition) is 4. The van der Waals surface area contributed by atoms with Crippen molar-refractivity contribution in [3.8, 4) is 0 Å². The number of carboxylic acid groups (broad SMARTS) is 1. The van der Waals surface area contributed by atoms with E-state index in [1.54, 1.807) is 6.07 Å². The third kappa shape index (κ3) is 3.99. The minimum atomic E-state index is -1.12. The van der Waals surface area contributed by atoms with Gasteiger partial charge in [-0.15, -0.1) is 0 Å². The number of carbonyl (C=O) groups is 2. The van der Waals surface area contributed by atoms with Crippen LogP contribution in [0.25, 0.3) is 0 Å². The number of nitrogens with one attached hydrogen (secondary N) is 2. The van der Waals surface area contributed by atoms with Crippen LogP contribution in [0.5, 0.6) is 0 Å². The van der Waals surface area contributed by atoms with Crippen LogP contribution in [0.1, 0.15) is 29.2 Å². The number of nitrogens with zero attached hydrogens (tertiary/aromatic N) is 1. The van der Waals surface area contributed by atoms with E-state index in [1.807, 2.05) is 0 Å². The van der Waals surface area contributed by atoms with Crippen LogP contribution >= 0.6 is 0 Å². The number of piperidine rings is 1. The summed E-state index contributed by atoms with van der Waals surface area (Å²) in [5, 5.41) is 14.3. The van der Waals surface area contributed by atoms with Crippen LogP contribution < -0.4 is 10.6 Å². The highest BCUT2D eigenvalue weighted by Crippen LogP contribution is 2.09. The van der Waals surface area contributed by atoms with Crippen LogP contribution in [0.15, 0.2) is 16.5 Å². The molecule has 0 bridgehead atoms. The summed E-state index contributed by atoms with van der Waals surface area (Å²) < 4.78 is 5.05. The molecule has 0 spiro atoms. The largest absolute Gasteiger partial charge is 0.475 e. The second-order valence-electron chi connectivity index (χ2n) is 4.98. The Hall–Kier alpha value is -2.02. The molecule has 1 aromatic heterocycles. The van der Waals surface area contributed by atoms with E-state index in [0.717, 1.165) is 25.9 Å². The Morgan fingerprint density at radius 1 is 1.40 bits per heavy atom. The Labute approximate surface area is 116 Å². The zero-order valence-corrected chi connectivity index (χ0v) is 11.4. The third-order valence-corrected chi connectivity index (χ3v) is 3.35. The van der Waals surface area contributed by atoms with Crippen LogP contribution in [0.4, 0.5) is 4.79 Å². The SMILES string of the molecule is CN1CCC(NC(=O)NCc2ccc(C(=O)O)o2)CC1. The van der Waals surface area contributed by atoms with Crippen molar-refractivity contribution >= 4 is 12.0 Å². The molecule has 7 heteroatoms. The van der Waals surface area contributed by atoms with Crippen LogP contribution in [0.2, 0.25) is 0 Å². The van der Waals surface area contributed by atoms with Crippen LogP contribution in [-0.4, -0.2) is 48.2 Å². The number of hydrogen-bond donors (Lipinski definition) is 3. The smallest absolute Gasteiger partial charge is 0.371 e. The van der Waals surface area contributed by atoms with Gasteiger partial charge in [-0.3, -0.25) is 0 Å². The fraction of sp³-hybridized carbons (Fsp3) is 0.538. The zero-order chi connectivity index (χ0) is 14.5. The predicted octanol–water partition coefficient (Wildman–Crippen LogP) is 0.871. The van der Waals surface area contributed by atoms with E-state index < -0.39 is 5.97 Å². The van der Waals surface area contributed by atoms with Crippen LogP contribution in [0, 0.1) is 0 Å². The van der Waals surface area contributed by atoms with Gasteiger partial charge in [-0.05, 0) is 45.1 Å². The Balaban J connectivity index is 1.73. The van der Waals surface area contributed by atoms with E-state index in [9.17, 15) is 9.59 Å². The lowest BCUT2D eigenvalue weighted by Gasteiger charge is -2.29. The van der Waals surface area contributed by atoms with Crippen LogP contribution in [-0.2, 0) is 6.54 Å². The molecule has 110 valence electrons. The molecule has 1 aliphatic rings. The lowest BCUT2D eigenvalue weighted by Crippen LogP contribution is -2.46. The molecule has 2 rings (SSSR count). The highest BCUT2D eigenvalue weighted by Gasteiger charge is 2.18. The van der Waals surface area contributed by atoms with Gasteiger partial charge in [-0.2, -0.15) is 0 Å². The molecule has 1 fully saturated rings. The molecule has 0 saturated carbocycles. The minimum absolute atomic E-state index is 0.127. The lowest BCUT2D eigenvalue weighted by atomic mass is 10.1. The average molecular weight is 281 g/mol. The molecular formula is C13H19N3O4. The average Bonchev–Trinajstić information content (AvgIpc) is 2.88. The van der Waals surface area contributed by atoms with Gasteiger partial charge in [0, 0.05) is 6.04 Å². The fourth-order valence-corrected chi connectivity index (χ4v) is 2.14. The van der Waals surface area contributed by atoms with Gasteiger partial charge in [0.25, 0.3) is 0 Å². The van der Waals surface area contributed by atoms with Gasteiger partial charge in [-0.1, -0.05) is 0 Å². The molecule has 0 aromatic carbocycles. The summed E-state index contributed by atoms with van der Waals surface area (Å²) >= 11 is 0. The number of rotatable bonds is 4. The molecule has 7 nitrogen and oxygen atoms in total. The number of likely N-dealkylation sites (tertiary alicyclic amines) is 1. The maximum absolute atomic E-state index is 11.7. The van der Waals surface area contributed by atoms with Crippen molar-refractivity contribution < 1.29 is 19.1 Å². The Morgan fingerprint density at radius 2 is 2.10 bits per heavy atom. The maximum Gasteiger partial charge on any atom is 0.371 e. The number of carboxylic acids is 1. The molecular weight excluding hydrogens is 262 g/mol. The van der Waals surface area contributed by atoms with Crippen molar-refractivity contribution in [2.45, 2.75) is 25.4 Å². The molecule has 0 radical (unpaired) electrons. The van der Waals surface area contributed by atoms with Gasteiger partial charge < -0.3 is 25.1 Å². The van der Waals surface area contributed by atoms with Crippen molar-refractivity contribution in [1.29, 1.82) is 0 Å². The normalized spacial score (nSPS) is 16.9. The molecule has 1 saturated heterocycles. The van der Waals surface area contributed by atoms with E-state index in [2.05, 4.69) is 22.6 Å². The van der Waals surface area contributed by atoms with E-state index in [-0.39, 0.29) is 24.4 Å². The summed E-state index contributed by atoms with van der Waals surface area (Å²) in [6.45, 7) is 2.13. The minimum Gasteiger partial charge on any atom is -0.475 e. The number of furan rings is 1. The third-order valence-electron chi connectivity index (χ3n) is 3.35. The summed E-state index contributed by atoms with van der Waals surface area (Å²) in [5.41, 5.74) is 0. The second-order valence-corrected chi connectivity index (χ2v) is 4.98. The highest BCUT2D eigenvalue weighted by molar-refractivity contribution is 5.84. The van der Waals surface area contributed by atoms with E-state index in [1.165, 1.54) is 6.07 Å². The molecule has 1 aromatic rings. The molecule has 20 heavy (non-hydrogen) atoms. The summed E-state index contributed by atoms with van der Waals surface area (Å²) in [6, 6.07) is 2.85. The lowest BCUT2D eigenvalue weighted by molar-refractivity contribution is 0.0660. The summed E-state index contributed by atoms with van der Waals surface area (Å²) in [5.74, 6) is -0.828. The Morgan fingerprint density at radius 3 is 2.70 bits per heavy atom. The van der Waals surface area contributed by atoms with Crippen molar-refractivity contribution in [2.75, 3.05) is 20.1 Å². The number of urea groups is 1. The molecule has 0 atom stereocenters. The predicted molar refractivity (Wildman–Crippen MR) is 71.6 cm³/mol. The van der Waals surface area contributed by atoms with Crippen molar-refractivity contribution in [2.24, 2.45) is 0 Å². The first-order chi connectivity index (χ1) is 9.54. The molecule has 0 unspecified atom stereocenters. The monoisotopic (exact) mass is 281 g/mol. The van der Waals surface area contributed by atoms with E-state index in [4.69, 9.17) is 9.52 Å². The van der Waals surface area contributed by atoms with Gasteiger partial charge in [0.2, 0.25) is 5.76 Å². The second kappa shape index (κ2) is 6.42. The summed E-state index contributed by atoms with van der Waals surface area (Å²) in [4.78, 5) is 24.6. The van der Waals surface area contributed by atoms with Crippen molar-refractivity contribution in [1.82, 2.24) is 15.5 Å². The van der Waals surface area contributed by atoms with Crippen molar-refractivity contribution in [3.63, 3.8) is 0 Å². The van der Waals surface area contributed by atoms with Gasteiger partial charge in [-0.25, -0.2) is 9.59 Å². The fourth-order valence-electron chi connectivity index (χ4n) is 2.14. The first-order valence-electron chi connectivity index (χ1n) is 6.59. The summed E-state index contributed by atoms with van der Waals surface area (Å²) in [6.07, 6.45) is 1.88. The van der Waals surface area contributed by atoms with Gasteiger partial charge in [0.15, 0.2) is 0 Å². The maximum atomic E-state index is 11.7.